The number of hydrogen-bond acceptors (Lipinski definition) is 2. The molecule has 0 heterocycles. The van der Waals surface area contributed by atoms with Gasteiger partial charge in [0, 0.05) is 0 Å². The van der Waals surface area contributed by atoms with E-state index in [1.807, 2.05) is 27.0 Å². The van der Waals surface area contributed by atoms with Gasteiger partial charge in [-0.1, -0.05) is 24.8 Å². The Balaban J connectivity index is 0. The molecule has 0 amide bonds. The number of rotatable bonds is 4. The summed E-state index contributed by atoms with van der Waals surface area (Å²) in [6, 6.07) is 0.0301. The van der Waals surface area contributed by atoms with E-state index in [2.05, 4.69) is 18.5 Å². The van der Waals surface area contributed by atoms with E-state index in [1.54, 1.807) is 12.2 Å². The summed E-state index contributed by atoms with van der Waals surface area (Å²) in [6.45, 7) is 10.9. The normalized spacial score (nSPS) is 12.5. The predicted octanol–water partition coefficient (Wildman–Crippen LogP) is 1.89. The molecule has 76 valence electrons. The Morgan fingerprint density at radius 1 is 1.46 bits per heavy atom. The van der Waals surface area contributed by atoms with Crippen LogP contribution in [-0.2, 0) is 0 Å². The molecule has 0 saturated heterocycles. The molecule has 0 aromatic rings. The molecule has 0 aromatic carbocycles. The molecular weight excluding hydrogens is 162 g/mol. The second kappa shape index (κ2) is 11.1. The summed E-state index contributed by atoms with van der Waals surface area (Å²) in [5, 5.41) is 11.8. The van der Waals surface area contributed by atoms with Crippen molar-refractivity contribution in [1.82, 2.24) is 5.32 Å². The van der Waals surface area contributed by atoms with Crippen LogP contribution >= 0.6 is 0 Å². The summed E-state index contributed by atoms with van der Waals surface area (Å²) in [4.78, 5) is 0. The standard InChI is InChI=1S/C8H15NO.C3H6/c1-4-7(5-2)8(6-10)9-3;1-3-2/h4-5,8-10H,1,6H2,2-3H3;3H,1H2,2H3/b7-5+;. The fraction of sp³-hybridized carbons (Fsp3) is 0.455. The average Bonchev–Trinajstić information content (AvgIpc) is 2.15. The Bertz CT molecular complexity index is 157. The smallest absolute Gasteiger partial charge is 0.0626 e. The second-order valence-electron chi connectivity index (χ2n) is 2.42. The lowest BCUT2D eigenvalue weighted by atomic mass is 10.1. The monoisotopic (exact) mass is 183 g/mol. The van der Waals surface area contributed by atoms with Gasteiger partial charge in [-0.15, -0.1) is 6.58 Å². The molecule has 0 radical (unpaired) electrons. The molecule has 1 atom stereocenters. The van der Waals surface area contributed by atoms with E-state index in [-0.39, 0.29) is 12.6 Å². The first-order chi connectivity index (χ1) is 6.21. The van der Waals surface area contributed by atoms with Crippen molar-refractivity contribution >= 4 is 0 Å². The van der Waals surface area contributed by atoms with Crippen LogP contribution < -0.4 is 5.32 Å². The van der Waals surface area contributed by atoms with Crippen molar-refractivity contribution in [2.75, 3.05) is 13.7 Å². The molecule has 0 aliphatic carbocycles. The molecule has 13 heavy (non-hydrogen) atoms. The zero-order chi connectivity index (χ0) is 10.7. The molecule has 2 heteroatoms. The molecule has 0 fully saturated rings. The first kappa shape index (κ1) is 14.7. The van der Waals surface area contributed by atoms with Crippen LogP contribution in [0, 0.1) is 0 Å². The topological polar surface area (TPSA) is 32.3 Å². The molecule has 2 N–H and O–H groups in total. The van der Waals surface area contributed by atoms with Gasteiger partial charge in [0.2, 0.25) is 0 Å². The van der Waals surface area contributed by atoms with Crippen molar-refractivity contribution in [3.63, 3.8) is 0 Å². The minimum atomic E-state index is 0.0301. The van der Waals surface area contributed by atoms with Gasteiger partial charge in [-0.25, -0.2) is 0 Å². The molecular formula is C11H21NO. The van der Waals surface area contributed by atoms with Crippen molar-refractivity contribution in [2.24, 2.45) is 0 Å². The van der Waals surface area contributed by atoms with Crippen LogP contribution in [0.3, 0.4) is 0 Å². The van der Waals surface area contributed by atoms with Crippen LogP contribution in [0.15, 0.2) is 37.0 Å². The van der Waals surface area contributed by atoms with Gasteiger partial charge in [-0.05, 0) is 26.5 Å². The molecule has 0 spiro atoms. The number of likely N-dealkylation sites (N-methyl/N-ethyl adjacent to an activating group) is 1. The van der Waals surface area contributed by atoms with E-state index >= 15 is 0 Å². The van der Waals surface area contributed by atoms with Gasteiger partial charge in [0.15, 0.2) is 0 Å². The highest BCUT2D eigenvalue weighted by molar-refractivity contribution is 5.21. The molecule has 0 aromatic heterocycles. The maximum atomic E-state index is 8.81. The van der Waals surface area contributed by atoms with Crippen LogP contribution in [-0.4, -0.2) is 24.8 Å². The highest BCUT2D eigenvalue weighted by Gasteiger charge is 2.04. The Kier molecular flexibility index (Phi) is 12.6. The van der Waals surface area contributed by atoms with E-state index < -0.39 is 0 Å². The molecule has 0 aliphatic rings. The average molecular weight is 183 g/mol. The van der Waals surface area contributed by atoms with E-state index in [0.717, 1.165) is 5.57 Å². The molecule has 0 bridgehead atoms. The van der Waals surface area contributed by atoms with Crippen LogP contribution in [0.5, 0.6) is 0 Å². The number of allylic oxidation sites excluding steroid dienone is 2. The number of hydrogen-bond donors (Lipinski definition) is 2. The van der Waals surface area contributed by atoms with Crippen molar-refractivity contribution in [3.05, 3.63) is 37.0 Å². The van der Waals surface area contributed by atoms with E-state index in [0.29, 0.717) is 0 Å². The quantitative estimate of drug-likeness (QED) is 0.515. The molecule has 1 unspecified atom stereocenters. The van der Waals surface area contributed by atoms with Gasteiger partial charge in [0.25, 0.3) is 0 Å². The molecule has 0 saturated carbocycles. The van der Waals surface area contributed by atoms with Gasteiger partial charge in [0.05, 0.1) is 12.6 Å². The molecule has 2 nitrogen and oxygen atoms in total. The van der Waals surface area contributed by atoms with Crippen LogP contribution in [0.1, 0.15) is 13.8 Å². The fourth-order valence-corrected chi connectivity index (χ4v) is 0.825. The maximum Gasteiger partial charge on any atom is 0.0626 e. The molecule has 0 rings (SSSR count). The second-order valence-corrected chi connectivity index (χ2v) is 2.42. The Labute approximate surface area is 81.7 Å². The minimum absolute atomic E-state index is 0.0301. The summed E-state index contributed by atoms with van der Waals surface area (Å²) in [7, 11) is 1.81. The Hall–Kier alpha value is -0.860. The first-order valence-corrected chi connectivity index (χ1v) is 4.35. The lowest BCUT2D eigenvalue weighted by molar-refractivity contribution is 0.266. The summed E-state index contributed by atoms with van der Waals surface area (Å²) in [5.74, 6) is 0. The number of aliphatic hydroxyl groups is 1. The van der Waals surface area contributed by atoms with E-state index in [4.69, 9.17) is 5.11 Å². The summed E-state index contributed by atoms with van der Waals surface area (Å²) in [5.41, 5.74) is 1.03. The largest absolute Gasteiger partial charge is 0.394 e. The Morgan fingerprint density at radius 2 is 1.92 bits per heavy atom. The highest BCUT2D eigenvalue weighted by atomic mass is 16.3. The van der Waals surface area contributed by atoms with Crippen LogP contribution in [0.2, 0.25) is 0 Å². The summed E-state index contributed by atoms with van der Waals surface area (Å²) in [6.07, 6.45) is 5.43. The summed E-state index contributed by atoms with van der Waals surface area (Å²) >= 11 is 0. The van der Waals surface area contributed by atoms with Gasteiger partial charge in [0.1, 0.15) is 0 Å². The summed E-state index contributed by atoms with van der Waals surface area (Å²) < 4.78 is 0. The number of aliphatic hydroxyl groups excluding tert-OH is 1. The predicted molar refractivity (Wildman–Crippen MR) is 59.8 cm³/mol. The zero-order valence-electron chi connectivity index (χ0n) is 8.88. The van der Waals surface area contributed by atoms with Crippen LogP contribution in [0.25, 0.3) is 0 Å². The van der Waals surface area contributed by atoms with E-state index in [9.17, 15) is 0 Å². The zero-order valence-corrected chi connectivity index (χ0v) is 8.88. The van der Waals surface area contributed by atoms with Crippen molar-refractivity contribution in [2.45, 2.75) is 19.9 Å². The lowest BCUT2D eigenvalue weighted by Crippen LogP contribution is -2.30. The third-order valence-electron chi connectivity index (χ3n) is 1.50. The van der Waals surface area contributed by atoms with Gasteiger partial charge < -0.3 is 10.4 Å². The SMILES string of the molecule is C=C/C(=C\C)C(CO)NC.C=CC. The lowest BCUT2D eigenvalue weighted by Gasteiger charge is -2.13. The van der Waals surface area contributed by atoms with Crippen molar-refractivity contribution < 1.29 is 5.11 Å². The third kappa shape index (κ3) is 7.50. The van der Waals surface area contributed by atoms with E-state index in [1.165, 1.54) is 0 Å². The van der Waals surface area contributed by atoms with Gasteiger partial charge >= 0.3 is 0 Å². The van der Waals surface area contributed by atoms with Crippen LogP contribution in [0.4, 0.5) is 0 Å². The van der Waals surface area contributed by atoms with Gasteiger partial charge in [-0.2, -0.15) is 0 Å². The first-order valence-electron chi connectivity index (χ1n) is 4.35. The molecule has 0 aliphatic heterocycles. The van der Waals surface area contributed by atoms with Crippen molar-refractivity contribution in [3.8, 4) is 0 Å². The Morgan fingerprint density at radius 3 is 2.00 bits per heavy atom. The minimum Gasteiger partial charge on any atom is -0.394 e. The number of nitrogens with one attached hydrogen (secondary N) is 1. The van der Waals surface area contributed by atoms with Crippen molar-refractivity contribution in [1.29, 1.82) is 0 Å². The third-order valence-corrected chi connectivity index (χ3v) is 1.50. The fourth-order valence-electron chi connectivity index (χ4n) is 0.825. The highest BCUT2D eigenvalue weighted by Crippen LogP contribution is 2.01. The van der Waals surface area contributed by atoms with Gasteiger partial charge in [-0.3, -0.25) is 0 Å². The maximum absolute atomic E-state index is 8.81.